The molecule has 0 saturated carbocycles. The summed E-state index contributed by atoms with van der Waals surface area (Å²) < 4.78 is 50.0. The highest BCUT2D eigenvalue weighted by atomic mass is 35.5. The van der Waals surface area contributed by atoms with E-state index in [-0.39, 0.29) is 63.8 Å². The van der Waals surface area contributed by atoms with Crippen molar-refractivity contribution in [2.75, 3.05) is 178 Å². The summed E-state index contributed by atoms with van der Waals surface area (Å²) in [7, 11) is 0. The molecule has 0 saturated heterocycles. The van der Waals surface area contributed by atoms with Crippen LogP contribution in [-0.4, -0.2) is 244 Å². The van der Waals surface area contributed by atoms with Crippen LogP contribution in [0.3, 0.4) is 0 Å². The number of nitriles is 3. The van der Waals surface area contributed by atoms with E-state index in [0.29, 0.717) is 157 Å². The summed E-state index contributed by atoms with van der Waals surface area (Å²) in [5.74, 6) is -0.941. The molecule has 18 N–H and O–H groups in total. The normalized spacial score (nSPS) is 10.5. The second-order valence-electron chi connectivity index (χ2n) is 19.8. The number of halogens is 1. The number of carbonyl (C=O) groups is 5. The first kappa shape index (κ1) is 97.8. The van der Waals surface area contributed by atoms with Crippen molar-refractivity contribution in [2.24, 2.45) is 34.4 Å². The third-order valence-electron chi connectivity index (χ3n) is 10.9. The molecule has 0 aliphatic rings. The third-order valence-corrected chi connectivity index (χ3v) is 11.0. The standard InChI is InChI=1S/C26H41N3O7.C13H20N4O3.C13H32N4O3.C4H11NO3.C3H3ClO.C3H3N/c1-5-22(30)13-9-10-16-34-19-26(29-25(33)8-4,20-35-17-11-14-27-23(31)6-2)21-36-18-12-15-28-24(32)7-3;1-17-6-9-20-12-13(16,10-18-7-2-4-14)11-19-8-3-5-15;14-4-1-7-18-10-13(17,11-19-8-2-5-15)12-20-9-3-6-16;5-4(1-6,2-7)3-8;1-2-3(4)5;1-2-3-4/h5-8H,1-4,9-21H2,(H,27,31)(H,28,32)(H,29,33);2-3,6-12,16H2;1-12,14-17H2;6-8H,1-3,5H2;2H,1H2;2H,1H2. The van der Waals surface area contributed by atoms with Crippen molar-refractivity contribution in [3.05, 3.63) is 87.3 Å². The Balaban J connectivity index is -0.000000282. The first-order valence-corrected chi connectivity index (χ1v) is 30.2. The smallest absolute Gasteiger partial charge is 0.244 e. The molecule has 0 aliphatic heterocycles. The number of amides is 3. The maximum absolute atomic E-state index is 12.2. The van der Waals surface area contributed by atoms with E-state index in [1.165, 1.54) is 24.3 Å². The van der Waals surface area contributed by atoms with Crippen LogP contribution < -0.4 is 50.4 Å². The van der Waals surface area contributed by atoms with E-state index < -0.39 is 53.1 Å². The number of rotatable bonds is 55. The molecule has 532 valence electrons. The van der Waals surface area contributed by atoms with Crippen LogP contribution in [0.2, 0.25) is 0 Å². The maximum atomic E-state index is 12.2. The number of aliphatic hydroxyl groups is 3. The summed E-state index contributed by atoms with van der Waals surface area (Å²) in [5.41, 5.74) is 30.1. The van der Waals surface area contributed by atoms with Crippen molar-refractivity contribution in [1.29, 1.82) is 15.8 Å². The minimum Gasteiger partial charge on any atom is -0.394 e. The monoisotopic (exact) mass is 1340 g/mol. The number of carbonyl (C=O) groups excluding carboxylic acids is 5. The van der Waals surface area contributed by atoms with Crippen LogP contribution in [0.1, 0.15) is 64.2 Å². The van der Waals surface area contributed by atoms with E-state index in [1.807, 2.05) is 12.1 Å². The van der Waals surface area contributed by atoms with E-state index in [2.05, 4.69) is 60.3 Å². The molecular weight excluding hydrogens is 1230 g/mol. The molecule has 31 heteroatoms. The highest BCUT2D eigenvalue weighted by Crippen LogP contribution is 2.12. The molecule has 3 amide bonds. The van der Waals surface area contributed by atoms with Gasteiger partial charge in [0.15, 0.2) is 5.78 Å². The van der Waals surface area contributed by atoms with Gasteiger partial charge in [-0.2, -0.15) is 15.8 Å². The summed E-state index contributed by atoms with van der Waals surface area (Å²) in [6.45, 7) is 34.2. The van der Waals surface area contributed by atoms with E-state index in [9.17, 15) is 24.0 Å². The fourth-order valence-corrected chi connectivity index (χ4v) is 5.82. The van der Waals surface area contributed by atoms with Crippen LogP contribution in [0.25, 0.3) is 4.85 Å². The van der Waals surface area contributed by atoms with Gasteiger partial charge in [-0.05, 0) is 107 Å². The minimum absolute atomic E-state index is 0.0158. The lowest BCUT2D eigenvalue weighted by molar-refractivity contribution is -0.123. The highest BCUT2D eigenvalue weighted by molar-refractivity contribution is 6.66. The van der Waals surface area contributed by atoms with Crippen molar-refractivity contribution < 1.29 is 81.9 Å². The zero-order valence-corrected chi connectivity index (χ0v) is 55.3. The van der Waals surface area contributed by atoms with Crippen LogP contribution in [0.15, 0.2) is 75.9 Å². The van der Waals surface area contributed by atoms with Gasteiger partial charge in [0.05, 0.1) is 140 Å². The van der Waals surface area contributed by atoms with Gasteiger partial charge in [0.2, 0.25) is 29.5 Å². The summed E-state index contributed by atoms with van der Waals surface area (Å²) >= 11 is 4.71. The van der Waals surface area contributed by atoms with Crippen molar-refractivity contribution in [1.82, 2.24) is 16.0 Å². The molecule has 0 spiro atoms. The number of ether oxygens (including phenoxy) is 9. The van der Waals surface area contributed by atoms with Gasteiger partial charge >= 0.3 is 0 Å². The lowest BCUT2D eigenvalue weighted by Gasteiger charge is -2.34. The number of nitrogens with one attached hydrogen (secondary N) is 3. The Bertz CT molecular complexity index is 1950. The Morgan fingerprint density at radius 3 is 1.09 bits per heavy atom. The molecule has 0 rings (SSSR count). The van der Waals surface area contributed by atoms with Gasteiger partial charge in [-0.1, -0.05) is 39.5 Å². The molecule has 0 aliphatic carbocycles. The number of allylic oxidation sites excluding steroid dienone is 3. The van der Waals surface area contributed by atoms with Crippen molar-refractivity contribution in [3.8, 4) is 18.2 Å². The predicted octanol–water partition coefficient (Wildman–Crippen LogP) is -0.0578. The number of nitrogens with zero attached hydrogens (tertiary/aromatic N) is 4. The zero-order valence-electron chi connectivity index (χ0n) is 54.6. The van der Waals surface area contributed by atoms with Gasteiger partial charge in [-0.3, -0.25) is 24.0 Å². The molecule has 0 aromatic heterocycles. The molecule has 0 bridgehead atoms. The number of unbranched alkanes of at least 4 members (excludes halogenated alkanes) is 1. The van der Waals surface area contributed by atoms with Crippen molar-refractivity contribution >= 4 is 40.3 Å². The van der Waals surface area contributed by atoms with Gasteiger partial charge in [-0.15, -0.1) is 0 Å². The van der Waals surface area contributed by atoms with Gasteiger partial charge in [0.25, 0.3) is 0 Å². The average Bonchev–Trinajstić information content (AvgIpc) is 1.44. The van der Waals surface area contributed by atoms with Crippen molar-refractivity contribution in [3.63, 3.8) is 0 Å². The predicted molar refractivity (Wildman–Crippen MR) is 355 cm³/mol. The molecule has 0 aromatic carbocycles. The zero-order chi connectivity index (χ0) is 71.6. The minimum atomic E-state index is -1.21. The van der Waals surface area contributed by atoms with Crippen LogP contribution >= 0.6 is 11.6 Å². The summed E-state index contributed by atoms with van der Waals surface area (Å²) in [5, 5.41) is 57.1. The largest absolute Gasteiger partial charge is 0.394 e. The number of ketones is 1. The topological polar surface area (TPSA) is 497 Å². The highest BCUT2D eigenvalue weighted by Gasteiger charge is 2.33. The Kier molecular flexibility index (Phi) is 76.9. The Hall–Kier alpha value is -6.28. The molecular formula is C62H110ClN13O17. The average molecular weight is 1350 g/mol. The molecule has 0 heterocycles. The van der Waals surface area contributed by atoms with E-state index in [4.69, 9.17) is 126 Å². The maximum Gasteiger partial charge on any atom is 0.244 e. The quantitative estimate of drug-likeness (QED) is 0.0125. The fraction of sp³-hybridized carbons (Fsp3) is 0.661. The number of aliphatic hydroxyl groups excluding tert-OH is 3. The number of hydrogen-bond acceptors (Lipinski definition) is 26. The summed E-state index contributed by atoms with van der Waals surface area (Å²) in [6.07, 6.45) is 13.0. The van der Waals surface area contributed by atoms with Crippen LogP contribution in [0, 0.1) is 40.6 Å². The molecule has 0 fully saturated rings. The Labute approximate surface area is 556 Å². The van der Waals surface area contributed by atoms with Crippen molar-refractivity contribution in [2.45, 2.75) is 86.4 Å². The van der Waals surface area contributed by atoms with Crippen LogP contribution in [0.4, 0.5) is 0 Å². The van der Waals surface area contributed by atoms with Gasteiger partial charge in [-0.25, -0.2) is 6.57 Å². The molecule has 0 unspecified atom stereocenters. The Morgan fingerprint density at radius 1 is 0.484 bits per heavy atom. The first-order valence-electron chi connectivity index (χ1n) is 29.8. The van der Waals surface area contributed by atoms with Gasteiger partial charge < -0.3 is 113 Å². The van der Waals surface area contributed by atoms with Crippen LogP contribution in [0.5, 0.6) is 0 Å². The van der Waals surface area contributed by atoms with E-state index in [1.54, 1.807) is 6.07 Å². The molecule has 0 atom stereocenters. The summed E-state index contributed by atoms with van der Waals surface area (Å²) in [6, 6.07) is 5.65. The molecule has 93 heavy (non-hydrogen) atoms. The van der Waals surface area contributed by atoms with Gasteiger partial charge in [0.1, 0.15) is 12.1 Å². The molecule has 0 radical (unpaired) electrons. The fourth-order valence-electron chi connectivity index (χ4n) is 5.82. The lowest BCUT2D eigenvalue weighted by atomic mass is 10.0. The second-order valence-corrected chi connectivity index (χ2v) is 20.2. The first-order chi connectivity index (χ1) is 44.5. The lowest BCUT2D eigenvalue weighted by Crippen LogP contribution is -2.58. The SMILES string of the molecule is C=CC#N.C=CC(=O)CCCCOCC(COCCCNC(=O)C=C)(COCCCNC(=O)C=C)NC(=O)C=C.C=CC(=O)Cl.NC(CO)(CO)CO.NCCCOCC(N)(COCCCN)COCCCN.[C-]#[N+]CCOCC(N)(COCCC#N)COCCC#N. The van der Waals surface area contributed by atoms with Gasteiger partial charge in [0, 0.05) is 65.2 Å². The summed E-state index contributed by atoms with van der Waals surface area (Å²) in [4.78, 5) is 58.7. The Morgan fingerprint density at radius 2 is 0.806 bits per heavy atom. The number of hydrogen-bond donors (Lipinski definition) is 12. The molecule has 0 aromatic rings. The number of nitrogens with two attached hydrogens (primary N) is 6. The van der Waals surface area contributed by atoms with Crippen LogP contribution in [-0.2, 0) is 66.6 Å². The molecule has 30 nitrogen and oxygen atoms in total. The third kappa shape index (κ3) is 73.0. The van der Waals surface area contributed by atoms with E-state index in [0.717, 1.165) is 31.4 Å². The van der Waals surface area contributed by atoms with E-state index >= 15 is 0 Å². The second kappa shape index (κ2) is 73.1.